The Balaban J connectivity index is 1.65. The number of rotatable bonds is 9. The normalized spacial score (nSPS) is 10.7. The number of aryl methyl sites for hydroxylation is 1. The minimum absolute atomic E-state index is 0.219. The van der Waals surface area contributed by atoms with Crippen molar-refractivity contribution in [2.24, 2.45) is 0 Å². The van der Waals surface area contributed by atoms with Gasteiger partial charge in [-0.3, -0.25) is 9.48 Å². The predicted molar refractivity (Wildman–Crippen MR) is 110 cm³/mol. The Morgan fingerprint density at radius 1 is 1.24 bits per heavy atom. The number of pyridine rings is 1. The quantitative estimate of drug-likeness (QED) is 0.538. The van der Waals surface area contributed by atoms with Gasteiger partial charge in [-0.25, -0.2) is 4.98 Å². The van der Waals surface area contributed by atoms with Crippen LogP contribution in [-0.4, -0.2) is 41.0 Å². The smallest absolute Gasteiger partial charge is 0.254 e. The summed E-state index contributed by atoms with van der Waals surface area (Å²) < 4.78 is 12.5. The standard InChI is InChI=1S/C21H25N5O3/c1-15-18(19(10-20(22)25-15)29-9-8-28-2)12-23-21(27)17-11-24-26(14-17)13-16-6-4-3-5-7-16/h3-7,10-11,14H,8-9,12-13H2,1-2H3,(H2,22,25)(H,23,27). The number of nitrogens with zero attached hydrogens (tertiary/aromatic N) is 3. The van der Waals surface area contributed by atoms with Crippen LogP contribution < -0.4 is 15.8 Å². The lowest BCUT2D eigenvalue weighted by molar-refractivity contribution is 0.0950. The molecule has 2 heterocycles. The fraction of sp³-hybridized carbons (Fsp3) is 0.286. The molecule has 8 nitrogen and oxygen atoms in total. The highest BCUT2D eigenvalue weighted by molar-refractivity contribution is 5.93. The number of hydrogen-bond acceptors (Lipinski definition) is 6. The van der Waals surface area contributed by atoms with Gasteiger partial charge < -0.3 is 20.5 Å². The maximum atomic E-state index is 12.6. The van der Waals surface area contributed by atoms with E-state index in [1.807, 2.05) is 37.3 Å². The largest absolute Gasteiger partial charge is 0.491 e. The molecule has 0 aliphatic rings. The molecule has 0 unspecified atom stereocenters. The van der Waals surface area contributed by atoms with E-state index in [2.05, 4.69) is 15.4 Å². The molecule has 1 aromatic carbocycles. The number of anilines is 1. The number of ether oxygens (including phenoxy) is 2. The highest BCUT2D eigenvalue weighted by atomic mass is 16.5. The van der Waals surface area contributed by atoms with Crippen LogP contribution in [0.5, 0.6) is 5.75 Å². The molecular formula is C21H25N5O3. The van der Waals surface area contributed by atoms with Crippen molar-refractivity contribution in [3.05, 3.63) is 71.2 Å². The molecule has 0 atom stereocenters. The van der Waals surface area contributed by atoms with Gasteiger partial charge in [0.2, 0.25) is 0 Å². The summed E-state index contributed by atoms with van der Waals surface area (Å²) in [7, 11) is 1.61. The summed E-state index contributed by atoms with van der Waals surface area (Å²) in [5.41, 5.74) is 8.91. The van der Waals surface area contributed by atoms with Crippen molar-refractivity contribution in [1.82, 2.24) is 20.1 Å². The van der Waals surface area contributed by atoms with Crippen LogP contribution in [0.2, 0.25) is 0 Å². The summed E-state index contributed by atoms with van der Waals surface area (Å²) in [5, 5.41) is 7.17. The summed E-state index contributed by atoms with van der Waals surface area (Å²) in [6.07, 6.45) is 3.29. The zero-order chi connectivity index (χ0) is 20.6. The molecule has 0 saturated heterocycles. The zero-order valence-corrected chi connectivity index (χ0v) is 16.6. The second-order valence-corrected chi connectivity index (χ2v) is 6.55. The van der Waals surface area contributed by atoms with Gasteiger partial charge in [-0.1, -0.05) is 30.3 Å². The highest BCUT2D eigenvalue weighted by Crippen LogP contribution is 2.23. The molecule has 2 aromatic heterocycles. The third kappa shape index (κ3) is 5.55. The van der Waals surface area contributed by atoms with Crippen LogP contribution in [0.4, 0.5) is 5.82 Å². The van der Waals surface area contributed by atoms with E-state index < -0.39 is 0 Å². The molecule has 0 radical (unpaired) electrons. The number of hydrogen-bond donors (Lipinski definition) is 2. The van der Waals surface area contributed by atoms with Gasteiger partial charge in [0, 0.05) is 37.2 Å². The average molecular weight is 395 g/mol. The number of carbonyl (C=O) groups is 1. The summed E-state index contributed by atoms with van der Waals surface area (Å²) >= 11 is 0. The molecule has 0 spiro atoms. The maximum absolute atomic E-state index is 12.6. The van der Waals surface area contributed by atoms with Crippen molar-refractivity contribution in [2.75, 3.05) is 26.1 Å². The van der Waals surface area contributed by atoms with E-state index in [0.717, 1.165) is 11.1 Å². The van der Waals surface area contributed by atoms with Crippen molar-refractivity contribution in [2.45, 2.75) is 20.0 Å². The van der Waals surface area contributed by atoms with Crippen LogP contribution in [0.3, 0.4) is 0 Å². The van der Waals surface area contributed by atoms with E-state index in [1.54, 1.807) is 30.3 Å². The van der Waals surface area contributed by atoms with Crippen molar-refractivity contribution >= 4 is 11.7 Å². The van der Waals surface area contributed by atoms with Crippen LogP contribution in [0.25, 0.3) is 0 Å². The fourth-order valence-corrected chi connectivity index (χ4v) is 2.88. The van der Waals surface area contributed by atoms with Gasteiger partial charge in [0.25, 0.3) is 5.91 Å². The van der Waals surface area contributed by atoms with Crippen LogP contribution in [0.1, 0.15) is 27.2 Å². The Hall–Kier alpha value is -3.39. The predicted octanol–water partition coefficient (Wildman–Crippen LogP) is 2.17. The van der Waals surface area contributed by atoms with E-state index >= 15 is 0 Å². The van der Waals surface area contributed by atoms with Gasteiger partial charge in [0.1, 0.15) is 18.2 Å². The van der Waals surface area contributed by atoms with Crippen molar-refractivity contribution < 1.29 is 14.3 Å². The second kappa shape index (κ2) is 9.70. The molecule has 0 saturated carbocycles. The van der Waals surface area contributed by atoms with Crippen molar-refractivity contribution in [3.8, 4) is 5.75 Å². The molecule has 0 fully saturated rings. The fourth-order valence-electron chi connectivity index (χ4n) is 2.88. The van der Waals surface area contributed by atoms with E-state index in [9.17, 15) is 4.79 Å². The lowest BCUT2D eigenvalue weighted by Crippen LogP contribution is -2.24. The average Bonchev–Trinajstić information content (AvgIpc) is 3.16. The molecule has 3 rings (SSSR count). The molecule has 29 heavy (non-hydrogen) atoms. The van der Waals surface area contributed by atoms with E-state index in [0.29, 0.717) is 42.6 Å². The Kier molecular flexibility index (Phi) is 6.80. The number of nitrogens with one attached hydrogen (secondary N) is 1. The Morgan fingerprint density at radius 2 is 2.03 bits per heavy atom. The molecule has 0 aliphatic heterocycles. The molecule has 3 N–H and O–H groups in total. The second-order valence-electron chi connectivity index (χ2n) is 6.55. The van der Waals surface area contributed by atoms with Crippen molar-refractivity contribution in [3.63, 3.8) is 0 Å². The summed E-state index contributed by atoms with van der Waals surface area (Å²) in [4.78, 5) is 16.8. The van der Waals surface area contributed by atoms with Crippen LogP contribution in [0, 0.1) is 6.92 Å². The zero-order valence-electron chi connectivity index (χ0n) is 16.6. The minimum atomic E-state index is -0.219. The lowest BCUT2D eigenvalue weighted by atomic mass is 10.1. The number of nitrogen functional groups attached to an aromatic ring is 1. The van der Waals surface area contributed by atoms with Gasteiger partial charge >= 0.3 is 0 Å². The number of aromatic nitrogens is 3. The molecule has 3 aromatic rings. The van der Waals surface area contributed by atoms with Gasteiger partial charge in [-0.2, -0.15) is 5.10 Å². The molecule has 8 heteroatoms. The van der Waals surface area contributed by atoms with Crippen LogP contribution in [-0.2, 0) is 17.8 Å². The lowest BCUT2D eigenvalue weighted by Gasteiger charge is -2.14. The first-order valence-corrected chi connectivity index (χ1v) is 9.29. The SMILES string of the molecule is COCCOc1cc(N)nc(C)c1CNC(=O)c1cnn(Cc2ccccc2)c1. The first-order chi connectivity index (χ1) is 14.1. The summed E-state index contributed by atoms with van der Waals surface area (Å²) in [6, 6.07) is 11.6. The Bertz CT molecular complexity index is 956. The highest BCUT2D eigenvalue weighted by Gasteiger charge is 2.14. The van der Waals surface area contributed by atoms with Crippen molar-refractivity contribution in [1.29, 1.82) is 0 Å². The first kappa shape index (κ1) is 20.3. The third-order valence-corrected chi connectivity index (χ3v) is 4.36. The first-order valence-electron chi connectivity index (χ1n) is 9.29. The number of benzene rings is 1. The number of amides is 1. The van der Waals surface area contributed by atoms with Crippen LogP contribution in [0.15, 0.2) is 48.8 Å². The molecule has 0 aliphatic carbocycles. The van der Waals surface area contributed by atoms with Gasteiger partial charge in [0.05, 0.1) is 24.9 Å². The van der Waals surface area contributed by atoms with Crippen LogP contribution >= 0.6 is 0 Å². The Labute approximate surface area is 169 Å². The topological polar surface area (TPSA) is 104 Å². The molecule has 1 amide bonds. The monoisotopic (exact) mass is 395 g/mol. The van der Waals surface area contributed by atoms with Gasteiger partial charge in [0.15, 0.2) is 0 Å². The number of methoxy groups -OCH3 is 1. The number of nitrogens with two attached hydrogens (primary N) is 1. The molecule has 0 bridgehead atoms. The van der Waals surface area contributed by atoms with Gasteiger partial charge in [-0.15, -0.1) is 0 Å². The molecular weight excluding hydrogens is 370 g/mol. The number of carbonyl (C=O) groups excluding carboxylic acids is 1. The maximum Gasteiger partial charge on any atom is 0.254 e. The molecule has 152 valence electrons. The summed E-state index contributed by atoms with van der Waals surface area (Å²) in [6.45, 7) is 3.54. The summed E-state index contributed by atoms with van der Waals surface area (Å²) in [5.74, 6) is 0.739. The van der Waals surface area contributed by atoms with Gasteiger partial charge in [-0.05, 0) is 12.5 Å². The minimum Gasteiger partial charge on any atom is -0.491 e. The van der Waals surface area contributed by atoms with E-state index in [-0.39, 0.29) is 12.5 Å². The van der Waals surface area contributed by atoms with E-state index in [4.69, 9.17) is 15.2 Å². The Morgan fingerprint density at radius 3 is 2.79 bits per heavy atom. The van der Waals surface area contributed by atoms with E-state index in [1.165, 1.54) is 0 Å². The third-order valence-electron chi connectivity index (χ3n) is 4.36.